The zero-order valence-corrected chi connectivity index (χ0v) is 12.7. The van der Waals surface area contributed by atoms with Gasteiger partial charge in [0, 0.05) is 14.5 Å². The Morgan fingerprint density at radius 2 is 1.79 bits per heavy atom. The van der Waals surface area contributed by atoms with Crippen LogP contribution >= 0.6 is 31.9 Å². The summed E-state index contributed by atoms with van der Waals surface area (Å²) in [6.45, 7) is 0. The first-order valence-corrected chi connectivity index (χ1v) is 6.60. The van der Waals surface area contributed by atoms with E-state index in [4.69, 9.17) is 22.5 Å². The van der Waals surface area contributed by atoms with Crippen molar-refractivity contribution in [2.24, 2.45) is 0 Å². The average Bonchev–Trinajstić information content (AvgIpc) is 2.33. The molecule has 0 bridgehead atoms. The Hall–Kier alpha value is -1.85. The summed E-state index contributed by atoms with van der Waals surface area (Å²) in [5.41, 5.74) is 18.7. The van der Waals surface area contributed by atoms with Crippen LogP contribution in [0.15, 0.2) is 21.1 Å². The highest BCUT2D eigenvalue weighted by molar-refractivity contribution is 9.11. The van der Waals surface area contributed by atoms with Crippen molar-refractivity contribution >= 4 is 49.3 Å². The third-order valence-corrected chi connectivity index (χ3v) is 3.53. The van der Waals surface area contributed by atoms with Gasteiger partial charge in [0.15, 0.2) is 0 Å². The fourth-order valence-electron chi connectivity index (χ4n) is 1.58. The first-order valence-electron chi connectivity index (χ1n) is 5.02. The van der Waals surface area contributed by atoms with Crippen molar-refractivity contribution in [2.75, 3.05) is 17.2 Å². The van der Waals surface area contributed by atoms with Crippen LogP contribution in [0.25, 0.3) is 11.3 Å². The van der Waals surface area contributed by atoms with Crippen LogP contribution in [0.3, 0.4) is 0 Å². The number of halogens is 2. The van der Waals surface area contributed by atoms with Gasteiger partial charge in [-0.2, -0.15) is 10.2 Å². The average molecular weight is 384 g/mol. The predicted octanol–water partition coefficient (Wildman–Crippen LogP) is 2.29. The van der Waals surface area contributed by atoms with E-state index in [-0.39, 0.29) is 17.3 Å². The molecule has 2 aromatic rings. The number of hydrogen-bond donors (Lipinski definition) is 3. The van der Waals surface area contributed by atoms with Gasteiger partial charge in [0.1, 0.15) is 17.5 Å². The molecule has 2 rings (SSSR count). The standard InChI is InChI=1S/C11H8Br2N6/c12-4-1-5(8(15)7(13)2-4)9-6(3-14)10(16)19-11(17)18-9/h1-2H,15H2,(H4,16,17,18,19). The Bertz CT molecular complexity index is 707. The van der Waals surface area contributed by atoms with E-state index in [0.717, 1.165) is 4.47 Å². The number of nitrogens with two attached hydrogens (primary N) is 3. The van der Waals surface area contributed by atoms with Crippen molar-refractivity contribution in [1.29, 1.82) is 5.26 Å². The van der Waals surface area contributed by atoms with Crippen LogP contribution in [0.1, 0.15) is 5.56 Å². The molecule has 8 heteroatoms. The summed E-state index contributed by atoms with van der Waals surface area (Å²) in [6, 6.07) is 5.49. The van der Waals surface area contributed by atoms with Crippen LogP contribution in [0.2, 0.25) is 0 Å². The molecule has 96 valence electrons. The normalized spacial score (nSPS) is 10.2. The lowest BCUT2D eigenvalue weighted by molar-refractivity contribution is 1.18. The Balaban J connectivity index is 2.83. The van der Waals surface area contributed by atoms with Crippen molar-refractivity contribution in [3.8, 4) is 17.3 Å². The molecule has 1 aromatic carbocycles. The van der Waals surface area contributed by atoms with Gasteiger partial charge in [0.25, 0.3) is 0 Å². The van der Waals surface area contributed by atoms with Crippen molar-refractivity contribution in [1.82, 2.24) is 9.97 Å². The molecule has 6 N–H and O–H groups in total. The molecule has 1 heterocycles. The summed E-state index contributed by atoms with van der Waals surface area (Å²) in [4.78, 5) is 7.82. The van der Waals surface area contributed by atoms with Gasteiger partial charge >= 0.3 is 0 Å². The van der Waals surface area contributed by atoms with Gasteiger partial charge in [-0.05, 0) is 28.1 Å². The van der Waals surface area contributed by atoms with E-state index < -0.39 is 0 Å². The highest BCUT2D eigenvalue weighted by Gasteiger charge is 2.17. The molecule has 0 unspecified atom stereocenters. The Morgan fingerprint density at radius 3 is 2.42 bits per heavy atom. The van der Waals surface area contributed by atoms with Crippen LogP contribution in [-0.2, 0) is 0 Å². The molecule has 0 radical (unpaired) electrons. The molecule has 0 amide bonds. The molecule has 0 aliphatic heterocycles. The molecule has 0 atom stereocenters. The summed E-state index contributed by atoms with van der Waals surface area (Å²) in [5.74, 6) is 0.0162. The lowest BCUT2D eigenvalue weighted by atomic mass is 10.1. The molecule has 1 aromatic heterocycles. The van der Waals surface area contributed by atoms with Gasteiger partial charge in [-0.25, -0.2) is 4.98 Å². The molecule has 0 aliphatic carbocycles. The number of benzene rings is 1. The topological polar surface area (TPSA) is 128 Å². The summed E-state index contributed by atoms with van der Waals surface area (Å²) >= 11 is 6.69. The third kappa shape index (κ3) is 2.47. The van der Waals surface area contributed by atoms with Crippen molar-refractivity contribution in [3.63, 3.8) is 0 Å². The highest BCUT2D eigenvalue weighted by atomic mass is 79.9. The Labute approximate surface area is 125 Å². The zero-order chi connectivity index (χ0) is 14.2. The van der Waals surface area contributed by atoms with Crippen LogP contribution in [-0.4, -0.2) is 9.97 Å². The number of nitriles is 1. The summed E-state index contributed by atoms with van der Waals surface area (Å²) in [5, 5.41) is 9.17. The van der Waals surface area contributed by atoms with Gasteiger partial charge in [-0.15, -0.1) is 0 Å². The molecule has 6 nitrogen and oxygen atoms in total. The van der Waals surface area contributed by atoms with E-state index >= 15 is 0 Å². The van der Waals surface area contributed by atoms with Crippen LogP contribution in [0.5, 0.6) is 0 Å². The zero-order valence-electron chi connectivity index (χ0n) is 9.48. The Kier molecular flexibility index (Phi) is 3.59. The monoisotopic (exact) mass is 382 g/mol. The first kappa shape index (κ1) is 13.6. The number of nitrogen functional groups attached to an aromatic ring is 3. The molecule has 0 fully saturated rings. The maximum Gasteiger partial charge on any atom is 0.222 e. The van der Waals surface area contributed by atoms with Crippen molar-refractivity contribution in [3.05, 3.63) is 26.6 Å². The quantitative estimate of drug-likeness (QED) is 0.648. The minimum atomic E-state index is -0.0120. The second-order valence-corrected chi connectivity index (χ2v) is 5.42. The van der Waals surface area contributed by atoms with Gasteiger partial charge in [0.05, 0.1) is 11.4 Å². The smallest absolute Gasteiger partial charge is 0.222 e. The van der Waals surface area contributed by atoms with Crippen LogP contribution in [0, 0.1) is 11.3 Å². The molecule has 19 heavy (non-hydrogen) atoms. The molecule has 0 saturated heterocycles. The maximum absolute atomic E-state index is 9.17. The molecular formula is C11H8Br2N6. The van der Waals surface area contributed by atoms with Gasteiger partial charge in [-0.3, -0.25) is 0 Å². The first-order chi connectivity index (χ1) is 8.93. The molecule has 0 saturated carbocycles. The fourth-order valence-corrected chi connectivity index (χ4v) is 2.81. The van der Waals surface area contributed by atoms with Crippen molar-refractivity contribution in [2.45, 2.75) is 0 Å². The summed E-state index contributed by atoms with van der Waals surface area (Å²) in [6.07, 6.45) is 0. The van der Waals surface area contributed by atoms with E-state index in [9.17, 15) is 0 Å². The lowest BCUT2D eigenvalue weighted by Crippen LogP contribution is -2.06. The minimum absolute atomic E-state index is 0.0120. The number of anilines is 3. The van der Waals surface area contributed by atoms with Crippen LogP contribution < -0.4 is 17.2 Å². The Morgan fingerprint density at radius 1 is 1.11 bits per heavy atom. The molecule has 0 spiro atoms. The van der Waals surface area contributed by atoms with Gasteiger partial charge in [0.2, 0.25) is 5.95 Å². The van der Waals surface area contributed by atoms with Crippen LogP contribution in [0.4, 0.5) is 17.5 Å². The largest absolute Gasteiger partial charge is 0.397 e. The number of rotatable bonds is 1. The highest BCUT2D eigenvalue weighted by Crippen LogP contribution is 2.36. The number of hydrogen-bond acceptors (Lipinski definition) is 6. The second-order valence-electron chi connectivity index (χ2n) is 3.65. The van der Waals surface area contributed by atoms with E-state index in [2.05, 4.69) is 41.8 Å². The van der Waals surface area contributed by atoms with E-state index in [1.807, 2.05) is 6.07 Å². The second kappa shape index (κ2) is 5.03. The SMILES string of the molecule is N#Cc1c(N)nc(N)nc1-c1cc(Br)cc(Br)c1N. The van der Waals surface area contributed by atoms with E-state index in [1.165, 1.54) is 0 Å². The predicted molar refractivity (Wildman–Crippen MR) is 80.8 cm³/mol. The lowest BCUT2D eigenvalue weighted by Gasteiger charge is -2.11. The number of aromatic nitrogens is 2. The molecular weight excluding hydrogens is 376 g/mol. The molecule has 0 aliphatic rings. The van der Waals surface area contributed by atoms with Gasteiger partial charge in [-0.1, -0.05) is 15.9 Å². The summed E-state index contributed by atoms with van der Waals surface area (Å²) < 4.78 is 1.46. The fraction of sp³-hybridized carbons (Fsp3) is 0. The van der Waals surface area contributed by atoms with Crippen molar-refractivity contribution < 1.29 is 0 Å². The summed E-state index contributed by atoms with van der Waals surface area (Å²) in [7, 11) is 0. The minimum Gasteiger partial charge on any atom is -0.397 e. The van der Waals surface area contributed by atoms with Gasteiger partial charge < -0.3 is 17.2 Å². The third-order valence-electron chi connectivity index (χ3n) is 2.42. The number of nitrogens with zero attached hydrogens (tertiary/aromatic N) is 3. The maximum atomic E-state index is 9.17. The van der Waals surface area contributed by atoms with E-state index in [0.29, 0.717) is 21.4 Å². The van der Waals surface area contributed by atoms with E-state index in [1.54, 1.807) is 12.1 Å².